The predicted octanol–water partition coefficient (Wildman–Crippen LogP) is 1.64. The van der Waals surface area contributed by atoms with Gasteiger partial charge in [-0.15, -0.1) is 0 Å². The van der Waals surface area contributed by atoms with Gasteiger partial charge in [-0.3, -0.25) is 9.59 Å². The molecule has 0 aliphatic carbocycles. The number of hydrogen-bond donors (Lipinski definition) is 2. The van der Waals surface area contributed by atoms with Crippen molar-refractivity contribution in [3.05, 3.63) is 47.4 Å². The van der Waals surface area contributed by atoms with Gasteiger partial charge in [-0.2, -0.15) is 0 Å². The molecule has 128 valence electrons. The van der Waals surface area contributed by atoms with Gasteiger partial charge in [-0.1, -0.05) is 13.0 Å². The van der Waals surface area contributed by atoms with Crippen LogP contribution in [0.15, 0.2) is 34.7 Å². The Bertz CT molecular complexity index is 724. The number of furan rings is 1. The van der Waals surface area contributed by atoms with Gasteiger partial charge in [-0.05, 0) is 29.8 Å². The summed E-state index contributed by atoms with van der Waals surface area (Å²) in [7, 11) is 1.49. The van der Waals surface area contributed by atoms with Crippen molar-refractivity contribution in [3.8, 4) is 11.5 Å². The number of methoxy groups -OCH3 is 1. The number of rotatable bonds is 8. The lowest BCUT2D eigenvalue weighted by molar-refractivity contribution is -0.119. The molecule has 1 aromatic carbocycles. The molecule has 0 aliphatic rings. The predicted molar refractivity (Wildman–Crippen MR) is 86.9 cm³/mol. The summed E-state index contributed by atoms with van der Waals surface area (Å²) in [5, 5.41) is 2.77. The second-order valence-corrected chi connectivity index (χ2v) is 5.04. The molecule has 3 N–H and O–H groups in total. The first-order chi connectivity index (χ1) is 11.5. The highest BCUT2D eigenvalue weighted by Crippen LogP contribution is 2.28. The van der Waals surface area contributed by atoms with Crippen molar-refractivity contribution in [2.24, 2.45) is 5.73 Å². The second kappa shape index (κ2) is 8.05. The van der Waals surface area contributed by atoms with E-state index in [2.05, 4.69) is 5.32 Å². The lowest BCUT2D eigenvalue weighted by Crippen LogP contribution is -2.22. The van der Waals surface area contributed by atoms with Crippen LogP contribution in [0.25, 0.3) is 0 Å². The maximum absolute atomic E-state index is 12.0. The highest BCUT2D eigenvalue weighted by Gasteiger charge is 2.12. The van der Waals surface area contributed by atoms with E-state index < -0.39 is 5.91 Å². The van der Waals surface area contributed by atoms with Crippen LogP contribution in [0.1, 0.15) is 28.8 Å². The van der Waals surface area contributed by atoms with Crippen LogP contribution >= 0.6 is 0 Å². The Morgan fingerprint density at radius 3 is 2.62 bits per heavy atom. The van der Waals surface area contributed by atoms with Crippen LogP contribution in [-0.2, 0) is 17.8 Å². The van der Waals surface area contributed by atoms with Gasteiger partial charge in [0.15, 0.2) is 23.9 Å². The van der Waals surface area contributed by atoms with Crippen LogP contribution in [-0.4, -0.2) is 25.5 Å². The summed E-state index contributed by atoms with van der Waals surface area (Å²) in [5.41, 5.74) is 5.86. The topological polar surface area (TPSA) is 104 Å². The van der Waals surface area contributed by atoms with E-state index in [0.717, 1.165) is 17.7 Å². The van der Waals surface area contributed by atoms with Gasteiger partial charge in [0, 0.05) is 13.0 Å². The summed E-state index contributed by atoms with van der Waals surface area (Å²) in [6, 6.07) is 8.57. The number of hydrogen-bond acceptors (Lipinski definition) is 5. The third-order valence-electron chi connectivity index (χ3n) is 3.28. The summed E-state index contributed by atoms with van der Waals surface area (Å²) in [6.07, 6.45) is 0.733. The van der Waals surface area contributed by atoms with Crippen molar-refractivity contribution < 1.29 is 23.5 Å². The van der Waals surface area contributed by atoms with E-state index in [0.29, 0.717) is 18.0 Å². The average molecular weight is 332 g/mol. The SMILES string of the molecule is CCc1ccc(C(=O)NCc2ccc(OCC(N)=O)c(OC)c2)o1. The lowest BCUT2D eigenvalue weighted by atomic mass is 10.2. The van der Waals surface area contributed by atoms with Gasteiger partial charge in [0.1, 0.15) is 5.76 Å². The summed E-state index contributed by atoms with van der Waals surface area (Å²) in [6.45, 7) is 2.02. The van der Waals surface area contributed by atoms with Crippen molar-refractivity contribution in [3.63, 3.8) is 0 Å². The van der Waals surface area contributed by atoms with E-state index >= 15 is 0 Å². The molecule has 0 fully saturated rings. The third kappa shape index (κ3) is 4.52. The molecule has 0 atom stereocenters. The van der Waals surface area contributed by atoms with Crippen molar-refractivity contribution in [2.45, 2.75) is 19.9 Å². The number of nitrogens with one attached hydrogen (secondary N) is 1. The van der Waals surface area contributed by atoms with Crippen molar-refractivity contribution >= 4 is 11.8 Å². The van der Waals surface area contributed by atoms with Crippen molar-refractivity contribution in [1.29, 1.82) is 0 Å². The molecule has 0 saturated heterocycles. The molecular weight excluding hydrogens is 312 g/mol. The fourth-order valence-electron chi connectivity index (χ4n) is 2.05. The van der Waals surface area contributed by atoms with E-state index in [1.165, 1.54) is 7.11 Å². The molecule has 7 heteroatoms. The molecule has 2 amide bonds. The van der Waals surface area contributed by atoms with Gasteiger partial charge >= 0.3 is 0 Å². The lowest BCUT2D eigenvalue weighted by Gasteiger charge is -2.11. The number of benzene rings is 1. The summed E-state index contributed by atoms with van der Waals surface area (Å²) in [4.78, 5) is 22.8. The standard InChI is InChI=1S/C17H20N2O5/c1-3-12-5-7-14(24-12)17(21)19-9-11-4-6-13(15(8-11)22-2)23-10-16(18)20/h4-8H,3,9-10H2,1-2H3,(H2,18,20)(H,19,21). The van der Waals surface area contributed by atoms with Gasteiger partial charge in [0.05, 0.1) is 7.11 Å². The van der Waals surface area contributed by atoms with E-state index in [9.17, 15) is 9.59 Å². The largest absolute Gasteiger partial charge is 0.493 e. The minimum absolute atomic E-state index is 0.231. The molecule has 1 heterocycles. The Morgan fingerprint density at radius 2 is 2.00 bits per heavy atom. The quantitative estimate of drug-likeness (QED) is 0.765. The molecule has 0 unspecified atom stereocenters. The molecule has 0 radical (unpaired) electrons. The third-order valence-corrected chi connectivity index (χ3v) is 3.28. The minimum atomic E-state index is -0.571. The maximum Gasteiger partial charge on any atom is 0.287 e. The van der Waals surface area contributed by atoms with Crippen molar-refractivity contribution in [2.75, 3.05) is 13.7 Å². The molecular formula is C17H20N2O5. The van der Waals surface area contributed by atoms with E-state index in [1.54, 1.807) is 30.3 Å². The highest BCUT2D eigenvalue weighted by molar-refractivity contribution is 5.91. The molecule has 0 bridgehead atoms. The number of amides is 2. The van der Waals surface area contributed by atoms with E-state index in [1.807, 2.05) is 6.92 Å². The Labute approximate surface area is 139 Å². The number of carbonyl (C=O) groups excluding carboxylic acids is 2. The Hall–Kier alpha value is -2.96. The number of primary amides is 1. The first-order valence-electron chi connectivity index (χ1n) is 7.48. The average Bonchev–Trinajstić information content (AvgIpc) is 3.07. The first kappa shape index (κ1) is 17.4. The molecule has 0 spiro atoms. The fourth-order valence-corrected chi connectivity index (χ4v) is 2.05. The minimum Gasteiger partial charge on any atom is -0.493 e. The molecule has 2 aromatic rings. The zero-order valence-electron chi connectivity index (χ0n) is 13.6. The molecule has 2 rings (SSSR count). The molecule has 7 nitrogen and oxygen atoms in total. The number of carbonyl (C=O) groups is 2. The summed E-state index contributed by atoms with van der Waals surface area (Å²) < 4.78 is 15.9. The highest BCUT2D eigenvalue weighted by atomic mass is 16.5. The van der Waals surface area contributed by atoms with Gasteiger partial charge in [-0.25, -0.2) is 0 Å². The van der Waals surface area contributed by atoms with Gasteiger partial charge in [0.2, 0.25) is 0 Å². The van der Waals surface area contributed by atoms with E-state index in [4.69, 9.17) is 19.6 Å². The summed E-state index contributed by atoms with van der Waals surface area (Å²) in [5.74, 6) is 1.04. The Balaban J connectivity index is 1.99. The van der Waals surface area contributed by atoms with Crippen LogP contribution in [0.5, 0.6) is 11.5 Å². The second-order valence-electron chi connectivity index (χ2n) is 5.04. The Morgan fingerprint density at radius 1 is 1.21 bits per heavy atom. The van der Waals surface area contributed by atoms with Gasteiger partial charge in [0.25, 0.3) is 11.8 Å². The fraction of sp³-hybridized carbons (Fsp3) is 0.294. The first-order valence-corrected chi connectivity index (χ1v) is 7.48. The molecule has 0 aliphatic heterocycles. The van der Waals surface area contributed by atoms with Crippen LogP contribution < -0.4 is 20.5 Å². The van der Waals surface area contributed by atoms with E-state index in [-0.39, 0.29) is 18.3 Å². The van der Waals surface area contributed by atoms with Crippen LogP contribution in [0.3, 0.4) is 0 Å². The number of aryl methyl sites for hydroxylation is 1. The number of nitrogens with two attached hydrogens (primary N) is 1. The Kier molecular flexibility index (Phi) is 5.83. The van der Waals surface area contributed by atoms with Crippen LogP contribution in [0.4, 0.5) is 0 Å². The monoisotopic (exact) mass is 332 g/mol. The maximum atomic E-state index is 12.0. The van der Waals surface area contributed by atoms with Gasteiger partial charge < -0.3 is 24.9 Å². The normalized spacial score (nSPS) is 10.2. The molecule has 0 saturated carbocycles. The number of ether oxygens (including phenoxy) is 2. The summed E-state index contributed by atoms with van der Waals surface area (Å²) >= 11 is 0. The van der Waals surface area contributed by atoms with Crippen LogP contribution in [0, 0.1) is 0 Å². The zero-order valence-corrected chi connectivity index (χ0v) is 13.6. The molecule has 1 aromatic heterocycles. The molecule has 24 heavy (non-hydrogen) atoms. The zero-order chi connectivity index (χ0) is 17.5. The van der Waals surface area contributed by atoms with Crippen molar-refractivity contribution in [1.82, 2.24) is 5.32 Å². The smallest absolute Gasteiger partial charge is 0.287 e. The van der Waals surface area contributed by atoms with Crippen LogP contribution in [0.2, 0.25) is 0 Å².